The van der Waals surface area contributed by atoms with Gasteiger partial charge in [-0.1, -0.05) is 42.5 Å². The molecule has 0 unspecified atom stereocenters. The Morgan fingerprint density at radius 2 is 1.70 bits per heavy atom. The summed E-state index contributed by atoms with van der Waals surface area (Å²) in [6.45, 7) is 4.60. The zero-order chi connectivity index (χ0) is 19.1. The van der Waals surface area contributed by atoms with E-state index >= 15 is 0 Å². The number of aryl methyl sites for hydroxylation is 1. The second-order valence-corrected chi connectivity index (χ2v) is 5.92. The van der Waals surface area contributed by atoms with Crippen LogP contribution in [0, 0.1) is 6.92 Å². The second kappa shape index (κ2) is 8.80. The van der Waals surface area contributed by atoms with E-state index in [9.17, 15) is 4.79 Å². The van der Waals surface area contributed by atoms with Crippen molar-refractivity contribution in [2.75, 3.05) is 17.2 Å². The summed E-state index contributed by atoms with van der Waals surface area (Å²) in [6.07, 6.45) is 0. The molecule has 2 aromatic carbocycles. The number of benzene rings is 2. The summed E-state index contributed by atoms with van der Waals surface area (Å²) < 4.78 is 5.12. The highest BCUT2D eigenvalue weighted by atomic mass is 16.5. The molecule has 1 aromatic heterocycles. The molecule has 0 saturated heterocycles. The molecule has 1 heterocycles. The molecule has 6 heteroatoms. The molecular formula is C21H22N4O2. The highest BCUT2D eigenvalue weighted by Gasteiger charge is 2.13. The first kappa shape index (κ1) is 18.4. The van der Waals surface area contributed by atoms with E-state index in [0.717, 1.165) is 5.56 Å². The van der Waals surface area contributed by atoms with Crippen LogP contribution in [-0.2, 0) is 11.3 Å². The van der Waals surface area contributed by atoms with E-state index in [4.69, 9.17) is 4.74 Å². The van der Waals surface area contributed by atoms with Crippen molar-refractivity contribution < 1.29 is 9.53 Å². The van der Waals surface area contributed by atoms with Gasteiger partial charge in [0.15, 0.2) is 0 Å². The van der Waals surface area contributed by atoms with E-state index in [1.165, 1.54) is 0 Å². The number of carbonyl (C=O) groups is 1. The SMILES string of the molecule is CCOC(=O)c1ccccc1Nc1cc(NCc2ccccc2)nc(C)n1. The topological polar surface area (TPSA) is 76.1 Å². The van der Waals surface area contributed by atoms with Crippen molar-refractivity contribution in [3.8, 4) is 0 Å². The fourth-order valence-corrected chi connectivity index (χ4v) is 2.63. The molecule has 0 bridgehead atoms. The maximum atomic E-state index is 12.1. The summed E-state index contributed by atoms with van der Waals surface area (Å²) in [5.41, 5.74) is 2.27. The zero-order valence-electron chi connectivity index (χ0n) is 15.4. The van der Waals surface area contributed by atoms with Gasteiger partial charge in [-0.15, -0.1) is 0 Å². The Morgan fingerprint density at radius 1 is 1.00 bits per heavy atom. The highest BCUT2D eigenvalue weighted by Crippen LogP contribution is 2.22. The lowest BCUT2D eigenvalue weighted by atomic mass is 10.2. The van der Waals surface area contributed by atoms with Crippen molar-refractivity contribution in [3.63, 3.8) is 0 Å². The summed E-state index contributed by atoms with van der Waals surface area (Å²) in [7, 11) is 0. The van der Waals surface area contributed by atoms with Crippen LogP contribution in [-0.4, -0.2) is 22.5 Å². The van der Waals surface area contributed by atoms with E-state index < -0.39 is 0 Å². The van der Waals surface area contributed by atoms with Crippen LogP contribution in [0.25, 0.3) is 0 Å². The maximum Gasteiger partial charge on any atom is 0.340 e. The molecule has 138 valence electrons. The number of aromatic nitrogens is 2. The smallest absolute Gasteiger partial charge is 0.340 e. The van der Waals surface area contributed by atoms with Gasteiger partial charge in [0.1, 0.15) is 17.5 Å². The highest BCUT2D eigenvalue weighted by molar-refractivity contribution is 5.96. The first-order valence-electron chi connectivity index (χ1n) is 8.82. The summed E-state index contributed by atoms with van der Waals surface area (Å²) in [5, 5.41) is 6.50. The number of hydrogen-bond acceptors (Lipinski definition) is 6. The number of esters is 1. The summed E-state index contributed by atoms with van der Waals surface area (Å²) in [4.78, 5) is 21.0. The lowest BCUT2D eigenvalue weighted by Gasteiger charge is -2.13. The Labute approximate surface area is 158 Å². The molecule has 0 aliphatic rings. The van der Waals surface area contributed by atoms with Gasteiger partial charge in [0, 0.05) is 12.6 Å². The second-order valence-electron chi connectivity index (χ2n) is 5.92. The van der Waals surface area contributed by atoms with Gasteiger partial charge in [0.05, 0.1) is 17.9 Å². The molecule has 0 atom stereocenters. The first-order chi connectivity index (χ1) is 13.2. The minimum Gasteiger partial charge on any atom is -0.462 e. The summed E-state index contributed by atoms with van der Waals surface area (Å²) in [5.74, 6) is 1.58. The normalized spacial score (nSPS) is 10.3. The van der Waals surface area contributed by atoms with Gasteiger partial charge in [-0.3, -0.25) is 0 Å². The lowest BCUT2D eigenvalue weighted by Crippen LogP contribution is -2.09. The quantitative estimate of drug-likeness (QED) is 0.610. The minimum absolute atomic E-state index is 0.327. The van der Waals surface area contributed by atoms with E-state index in [1.807, 2.05) is 43.3 Å². The molecule has 3 rings (SSSR count). The molecule has 0 saturated carbocycles. The van der Waals surface area contributed by atoms with Gasteiger partial charge >= 0.3 is 5.97 Å². The van der Waals surface area contributed by atoms with Crippen LogP contribution in [0.5, 0.6) is 0 Å². The molecule has 0 aliphatic carbocycles. The standard InChI is InChI=1S/C21H22N4O2/c1-3-27-21(26)17-11-7-8-12-18(17)25-20-13-19(23-15(2)24-20)22-14-16-9-5-4-6-10-16/h4-13H,3,14H2,1-2H3,(H2,22,23,24,25). The van der Waals surface area contributed by atoms with Crippen molar-refractivity contribution >= 4 is 23.3 Å². The average molecular weight is 362 g/mol. The van der Waals surface area contributed by atoms with Crippen LogP contribution in [0.15, 0.2) is 60.7 Å². The van der Waals surface area contributed by atoms with Crippen molar-refractivity contribution in [1.82, 2.24) is 9.97 Å². The Kier molecular flexibility index (Phi) is 5.99. The molecular weight excluding hydrogens is 340 g/mol. The predicted molar refractivity (Wildman–Crippen MR) is 106 cm³/mol. The maximum absolute atomic E-state index is 12.1. The molecule has 6 nitrogen and oxygen atoms in total. The van der Waals surface area contributed by atoms with Crippen molar-refractivity contribution in [3.05, 3.63) is 77.6 Å². The van der Waals surface area contributed by atoms with Gasteiger partial charge in [-0.05, 0) is 31.5 Å². The Hall–Kier alpha value is -3.41. The van der Waals surface area contributed by atoms with Gasteiger partial charge in [0.2, 0.25) is 0 Å². The Bertz CT molecular complexity index is 913. The van der Waals surface area contributed by atoms with Crippen molar-refractivity contribution in [2.24, 2.45) is 0 Å². The van der Waals surface area contributed by atoms with Crippen LogP contribution >= 0.6 is 0 Å². The van der Waals surface area contributed by atoms with Crippen molar-refractivity contribution in [2.45, 2.75) is 20.4 Å². The minimum atomic E-state index is -0.367. The third kappa shape index (κ3) is 5.04. The molecule has 0 fully saturated rings. The zero-order valence-corrected chi connectivity index (χ0v) is 15.4. The largest absolute Gasteiger partial charge is 0.462 e. The van der Waals surface area contributed by atoms with Gasteiger partial charge < -0.3 is 15.4 Å². The van der Waals surface area contributed by atoms with Crippen LogP contribution in [0.1, 0.15) is 28.7 Å². The van der Waals surface area contributed by atoms with E-state index in [2.05, 4.69) is 32.7 Å². The van der Waals surface area contributed by atoms with E-state index in [-0.39, 0.29) is 5.97 Å². The number of ether oxygens (including phenoxy) is 1. The molecule has 3 aromatic rings. The van der Waals surface area contributed by atoms with E-state index in [0.29, 0.717) is 41.9 Å². The number of anilines is 3. The van der Waals surface area contributed by atoms with Crippen LogP contribution < -0.4 is 10.6 Å². The number of para-hydroxylation sites is 1. The lowest BCUT2D eigenvalue weighted by molar-refractivity contribution is 0.0527. The van der Waals surface area contributed by atoms with Crippen LogP contribution in [0.2, 0.25) is 0 Å². The Morgan fingerprint density at radius 3 is 2.48 bits per heavy atom. The first-order valence-corrected chi connectivity index (χ1v) is 8.82. The average Bonchev–Trinajstić information content (AvgIpc) is 2.67. The molecule has 27 heavy (non-hydrogen) atoms. The van der Waals surface area contributed by atoms with Crippen molar-refractivity contribution in [1.29, 1.82) is 0 Å². The van der Waals surface area contributed by atoms with Gasteiger partial charge in [-0.2, -0.15) is 0 Å². The predicted octanol–water partition coefficient (Wildman–Crippen LogP) is 4.32. The third-order valence-electron chi connectivity index (χ3n) is 3.84. The molecule has 0 aliphatic heterocycles. The molecule has 0 spiro atoms. The van der Waals surface area contributed by atoms with Gasteiger partial charge in [-0.25, -0.2) is 14.8 Å². The monoisotopic (exact) mass is 362 g/mol. The van der Waals surface area contributed by atoms with Crippen LogP contribution in [0.3, 0.4) is 0 Å². The number of nitrogens with one attached hydrogen (secondary N) is 2. The molecule has 0 radical (unpaired) electrons. The number of carbonyl (C=O) groups excluding carboxylic acids is 1. The third-order valence-corrected chi connectivity index (χ3v) is 3.84. The number of rotatable bonds is 7. The Balaban J connectivity index is 1.78. The van der Waals surface area contributed by atoms with Crippen LogP contribution in [0.4, 0.5) is 17.3 Å². The molecule has 2 N–H and O–H groups in total. The fraction of sp³-hybridized carbons (Fsp3) is 0.190. The number of hydrogen-bond donors (Lipinski definition) is 2. The summed E-state index contributed by atoms with van der Waals surface area (Å²) >= 11 is 0. The number of nitrogens with zero attached hydrogens (tertiary/aromatic N) is 2. The van der Waals surface area contributed by atoms with Gasteiger partial charge in [0.25, 0.3) is 0 Å². The fourth-order valence-electron chi connectivity index (χ4n) is 2.63. The van der Waals surface area contributed by atoms with E-state index in [1.54, 1.807) is 19.1 Å². The molecule has 0 amide bonds. The summed E-state index contributed by atoms with van der Waals surface area (Å²) in [6, 6.07) is 19.1.